The van der Waals surface area contributed by atoms with E-state index in [1.54, 1.807) is 0 Å². The smallest absolute Gasteiger partial charge is 0.0503 e. The first-order chi connectivity index (χ1) is 9.07. The number of aliphatic hydroxyl groups is 2. The molecular formula is C17H24O2. The molecule has 0 saturated heterocycles. The van der Waals surface area contributed by atoms with Crippen LogP contribution in [-0.4, -0.2) is 23.4 Å². The van der Waals surface area contributed by atoms with E-state index >= 15 is 0 Å². The van der Waals surface area contributed by atoms with Gasteiger partial charge >= 0.3 is 0 Å². The van der Waals surface area contributed by atoms with Gasteiger partial charge in [-0.3, -0.25) is 0 Å². The predicted octanol–water partition coefficient (Wildman–Crippen LogP) is 2.83. The monoisotopic (exact) mass is 260 g/mol. The topological polar surface area (TPSA) is 40.5 Å². The third kappa shape index (κ3) is 1.63. The minimum Gasteiger partial charge on any atom is -0.396 e. The average Bonchev–Trinajstić information content (AvgIpc) is 2.69. The van der Waals surface area contributed by atoms with E-state index in [-0.39, 0.29) is 30.0 Å². The predicted molar refractivity (Wildman–Crippen MR) is 76.2 cm³/mol. The summed E-state index contributed by atoms with van der Waals surface area (Å²) >= 11 is 0. The molecule has 0 spiro atoms. The van der Waals surface area contributed by atoms with Gasteiger partial charge < -0.3 is 10.2 Å². The molecule has 0 radical (unpaired) electrons. The molecule has 1 fully saturated rings. The van der Waals surface area contributed by atoms with Crippen LogP contribution in [0.15, 0.2) is 24.3 Å². The van der Waals surface area contributed by atoms with Crippen LogP contribution in [0, 0.1) is 11.3 Å². The molecule has 1 aromatic rings. The van der Waals surface area contributed by atoms with Crippen LogP contribution in [0.2, 0.25) is 0 Å². The summed E-state index contributed by atoms with van der Waals surface area (Å²) in [6.07, 6.45) is 3.39. The lowest BCUT2D eigenvalue weighted by molar-refractivity contribution is -0.0211. The fourth-order valence-electron chi connectivity index (χ4n) is 5.07. The molecule has 2 aliphatic carbocycles. The molecule has 3 rings (SSSR count). The Balaban J connectivity index is 2.17. The summed E-state index contributed by atoms with van der Waals surface area (Å²) < 4.78 is 0. The largest absolute Gasteiger partial charge is 0.396 e. The zero-order chi connectivity index (χ0) is 13.7. The van der Waals surface area contributed by atoms with E-state index in [0.29, 0.717) is 5.92 Å². The molecule has 0 aliphatic heterocycles. The van der Waals surface area contributed by atoms with E-state index in [9.17, 15) is 10.2 Å². The van der Waals surface area contributed by atoms with Crippen molar-refractivity contribution in [1.82, 2.24) is 0 Å². The fourth-order valence-corrected chi connectivity index (χ4v) is 5.07. The van der Waals surface area contributed by atoms with Gasteiger partial charge in [0.15, 0.2) is 0 Å². The van der Waals surface area contributed by atoms with Crippen LogP contribution >= 0.6 is 0 Å². The maximum Gasteiger partial charge on any atom is 0.0503 e. The number of hydrogen-bond donors (Lipinski definition) is 2. The maximum absolute atomic E-state index is 9.92. The number of fused-ring (bicyclic) bond motifs is 3. The van der Waals surface area contributed by atoms with Crippen molar-refractivity contribution in [3.8, 4) is 0 Å². The molecule has 19 heavy (non-hydrogen) atoms. The van der Waals surface area contributed by atoms with Crippen molar-refractivity contribution in [1.29, 1.82) is 0 Å². The van der Waals surface area contributed by atoms with E-state index in [0.717, 1.165) is 12.8 Å². The standard InChI is InChI=1S/C17H24O2/c1-16(11-19)8-5-9-17(2)14-7-4-3-6-12(14)13(10-18)15(16)17/h3-4,6-7,13,15,18-19H,5,8-11H2,1-2H3/t13-,15+,16-,17-/m0/s1. The normalized spacial score (nSPS) is 40.8. The molecule has 2 heteroatoms. The molecule has 1 aromatic carbocycles. The van der Waals surface area contributed by atoms with Crippen molar-refractivity contribution in [3.05, 3.63) is 35.4 Å². The van der Waals surface area contributed by atoms with Crippen LogP contribution in [0.4, 0.5) is 0 Å². The van der Waals surface area contributed by atoms with Crippen LogP contribution in [0.3, 0.4) is 0 Å². The van der Waals surface area contributed by atoms with Gasteiger partial charge in [0.05, 0.1) is 6.61 Å². The first kappa shape index (κ1) is 13.1. The Morgan fingerprint density at radius 2 is 1.89 bits per heavy atom. The van der Waals surface area contributed by atoms with Gasteiger partial charge in [0.2, 0.25) is 0 Å². The van der Waals surface area contributed by atoms with Crippen LogP contribution in [-0.2, 0) is 5.41 Å². The summed E-state index contributed by atoms with van der Waals surface area (Å²) in [6, 6.07) is 8.56. The van der Waals surface area contributed by atoms with Crippen molar-refractivity contribution in [2.24, 2.45) is 11.3 Å². The molecule has 104 valence electrons. The lowest BCUT2D eigenvalue weighted by Crippen LogP contribution is -2.47. The Labute approximate surface area is 115 Å². The van der Waals surface area contributed by atoms with Gasteiger partial charge in [0.1, 0.15) is 0 Å². The van der Waals surface area contributed by atoms with Crippen molar-refractivity contribution in [2.75, 3.05) is 13.2 Å². The van der Waals surface area contributed by atoms with Gasteiger partial charge in [0.25, 0.3) is 0 Å². The lowest BCUT2D eigenvalue weighted by Gasteiger charge is -2.50. The summed E-state index contributed by atoms with van der Waals surface area (Å²) in [4.78, 5) is 0. The van der Waals surface area contributed by atoms with Crippen LogP contribution < -0.4 is 0 Å². The Bertz CT molecular complexity index is 484. The highest BCUT2D eigenvalue weighted by Crippen LogP contribution is 2.62. The van der Waals surface area contributed by atoms with Crippen molar-refractivity contribution < 1.29 is 10.2 Å². The molecular weight excluding hydrogens is 236 g/mol. The fraction of sp³-hybridized carbons (Fsp3) is 0.647. The highest BCUT2D eigenvalue weighted by molar-refractivity contribution is 5.45. The van der Waals surface area contributed by atoms with E-state index in [4.69, 9.17) is 0 Å². The first-order valence-electron chi connectivity index (χ1n) is 7.38. The molecule has 2 aliphatic rings. The second-order valence-electron chi connectivity index (χ2n) is 6.94. The van der Waals surface area contributed by atoms with Crippen LogP contribution in [0.1, 0.15) is 50.2 Å². The van der Waals surface area contributed by atoms with Crippen molar-refractivity contribution >= 4 is 0 Å². The summed E-state index contributed by atoms with van der Waals surface area (Å²) in [7, 11) is 0. The van der Waals surface area contributed by atoms with Gasteiger partial charge in [-0.15, -0.1) is 0 Å². The minimum atomic E-state index is -0.0700. The summed E-state index contributed by atoms with van der Waals surface area (Å²) in [5.74, 6) is 0.528. The Morgan fingerprint density at radius 3 is 2.58 bits per heavy atom. The van der Waals surface area contributed by atoms with Crippen molar-refractivity contribution in [3.63, 3.8) is 0 Å². The second kappa shape index (κ2) is 4.32. The first-order valence-corrected chi connectivity index (χ1v) is 7.38. The molecule has 0 unspecified atom stereocenters. The second-order valence-corrected chi connectivity index (χ2v) is 6.94. The van der Waals surface area contributed by atoms with Crippen LogP contribution in [0.5, 0.6) is 0 Å². The summed E-state index contributed by atoms with van der Waals surface area (Å²) in [6.45, 7) is 4.94. The van der Waals surface area contributed by atoms with Gasteiger partial charge in [-0.25, -0.2) is 0 Å². The van der Waals surface area contributed by atoms with E-state index in [2.05, 4.69) is 38.1 Å². The average molecular weight is 260 g/mol. The summed E-state index contributed by atoms with van der Waals surface area (Å²) in [5, 5.41) is 19.8. The quantitative estimate of drug-likeness (QED) is 0.858. The minimum absolute atomic E-state index is 0.0700. The Hall–Kier alpha value is -0.860. The third-order valence-electron chi connectivity index (χ3n) is 5.82. The van der Waals surface area contributed by atoms with E-state index < -0.39 is 0 Å². The van der Waals surface area contributed by atoms with Gasteiger partial charge in [-0.05, 0) is 40.7 Å². The molecule has 0 aromatic heterocycles. The summed E-state index contributed by atoms with van der Waals surface area (Å²) in [5.41, 5.74) is 2.75. The zero-order valence-corrected chi connectivity index (χ0v) is 11.9. The van der Waals surface area contributed by atoms with Gasteiger partial charge in [0, 0.05) is 12.5 Å². The highest BCUT2D eigenvalue weighted by Gasteiger charge is 2.57. The van der Waals surface area contributed by atoms with E-state index in [1.165, 1.54) is 17.5 Å². The Morgan fingerprint density at radius 1 is 1.16 bits per heavy atom. The molecule has 2 nitrogen and oxygen atoms in total. The highest BCUT2D eigenvalue weighted by atomic mass is 16.3. The number of rotatable bonds is 2. The Kier molecular flexibility index (Phi) is 2.99. The number of aliphatic hydroxyl groups excluding tert-OH is 2. The zero-order valence-electron chi connectivity index (χ0n) is 11.9. The van der Waals surface area contributed by atoms with Crippen molar-refractivity contribution in [2.45, 2.75) is 44.4 Å². The lowest BCUT2D eigenvalue weighted by atomic mass is 9.54. The molecule has 4 atom stereocenters. The molecule has 0 amide bonds. The number of hydrogen-bond acceptors (Lipinski definition) is 2. The SMILES string of the molecule is C[C@@]1(CO)CCC[C@@]2(C)c3ccccc3[C@H](CO)[C@H]12. The van der Waals surface area contributed by atoms with Crippen LogP contribution in [0.25, 0.3) is 0 Å². The van der Waals surface area contributed by atoms with E-state index in [1.807, 2.05) is 0 Å². The molecule has 1 saturated carbocycles. The maximum atomic E-state index is 9.92. The van der Waals surface area contributed by atoms with Gasteiger partial charge in [-0.1, -0.05) is 44.5 Å². The molecule has 0 heterocycles. The third-order valence-corrected chi connectivity index (χ3v) is 5.82. The number of benzene rings is 1. The molecule has 0 bridgehead atoms. The van der Waals surface area contributed by atoms with Gasteiger partial charge in [-0.2, -0.15) is 0 Å². The molecule has 2 N–H and O–H groups in total.